The van der Waals surface area contributed by atoms with Crippen molar-refractivity contribution in [2.75, 3.05) is 26.2 Å². The van der Waals surface area contributed by atoms with Crippen molar-refractivity contribution in [1.82, 2.24) is 9.80 Å². The van der Waals surface area contributed by atoms with E-state index in [1.807, 2.05) is 23.1 Å². The molecule has 4 rings (SSSR count). The molecule has 1 aromatic rings. The van der Waals surface area contributed by atoms with Crippen LogP contribution in [0.4, 0.5) is 0 Å². The Kier molecular flexibility index (Phi) is 5.33. The van der Waals surface area contributed by atoms with Crippen molar-refractivity contribution in [3.05, 3.63) is 42.0 Å². The van der Waals surface area contributed by atoms with E-state index in [0.717, 1.165) is 50.9 Å². The van der Waals surface area contributed by atoms with Gasteiger partial charge >= 0.3 is 0 Å². The van der Waals surface area contributed by atoms with E-state index in [0.29, 0.717) is 18.9 Å². The molecule has 2 amide bonds. The van der Waals surface area contributed by atoms with Crippen molar-refractivity contribution >= 4 is 17.9 Å². The smallest absolute Gasteiger partial charge is 0.225 e. The number of carbonyl (C=O) groups excluding carboxylic acids is 2. The first kappa shape index (κ1) is 18.3. The second-order valence-electron chi connectivity index (χ2n) is 8.57. The average Bonchev–Trinajstić information content (AvgIpc) is 3.32. The Bertz CT molecular complexity index is 698. The van der Waals surface area contributed by atoms with Gasteiger partial charge in [0.05, 0.1) is 0 Å². The fraction of sp³-hybridized carbons (Fsp3) is 0.565. The van der Waals surface area contributed by atoms with Gasteiger partial charge in [0, 0.05) is 43.9 Å². The fourth-order valence-electron chi connectivity index (χ4n) is 5.00. The third kappa shape index (κ3) is 4.10. The highest BCUT2D eigenvalue weighted by Gasteiger charge is 2.45. The first-order valence-corrected chi connectivity index (χ1v) is 10.4. The third-order valence-electron chi connectivity index (χ3n) is 6.68. The van der Waals surface area contributed by atoms with Gasteiger partial charge in [-0.05, 0) is 31.2 Å². The predicted molar refractivity (Wildman–Crippen MR) is 107 cm³/mol. The van der Waals surface area contributed by atoms with Gasteiger partial charge in [0.2, 0.25) is 11.8 Å². The number of hydrogen-bond acceptors (Lipinski definition) is 2. The number of likely N-dealkylation sites (tertiary alicyclic amines) is 2. The summed E-state index contributed by atoms with van der Waals surface area (Å²) >= 11 is 0. The molecule has 0 unspecified atom stereocenters. The summed E-state index contributed by atoms with van der Waals surface area (Å²) in [7, 11) is 0. The van der Waals surface area contributed by atoms with E-state index in [9.17, 15) is 9.59 Å². The number of benzene rings is 1. The van der Waals surface area contributed by atoms with Gasteiger partial charge in [0.1, 0.15) is 0 Å². The lowest BCUT2D eigenvalue weighted by Gasteiger charge is -2.39. The van der Waals surface area contributed by atoms with Crippen LogP contribution in [-0.4, -0.2) is 47.8 Å². The van der Waals surface area contributed by atoms with Crippen molar-refractivity contribution in [3.63, 3.8) is 0 Å². The van der Waals surface area contributed by atoms with E-state index in [1.165, 1.54) is 12.8 Å². The highest BCUT2D eigenvalue weighted by atomic mass is 16.2. The molecule has 1 aliphatic carbocycles. The second-order valence-corrected chi connectivity index (χ2v) is 8.57. The summed E-state index contributed by atoms with van der Waals surface area (Å²) < 4.78 is 0. The molecule has 0 aromatic heterocycles. The van der Waals surface area contributed by atoms with Gasteiger partial charge in [-0.3, -0.25) is 9.59 Å². The molecule has 3 fully saturated rings. The van der Waals surface area contributed by atoms with E-state index < -0.39 is 0 Å². The maximum Gasteiger partial charge on any atom is 0.225 e. The van der Waals surface area contributed by atoms with Crippen molar-refractivity contribution in [3.8, 4) is 0 Å². The number of amides is 2. The summed E-state index contributed by atoms with van der Waals surface area (Å²) in [5.41, 5.74) is 1.25. The van der Waals surface area contributed by atoms with E-state index in [2.05, 4.69) is 29.2 Å². The number of rotatable bonds is 4. The number of hydrogen-bond donors (Lipinski definition) is 0. The van der Waals surface area contributed by atoms with Crippen LogP contribution in [0.25, 0.3) is 6.08 Å². The minimum absolute atomic E-state index is 0.0874. The largest absolute Gasteiger partial charge is 0.342 e. The third-order valence-corrected chi connectivity index (χ3v) is 6.68. The van der Waals surface area contributed by atoms with Crippen molar-refractivity contribution in [1.29, 1.82) is 0 Å². The zero-order valence-electron chi connectivity index (χ0n) is 16.1. The molecule has 2 aliphatic heterocycles. The first-order valence-electron chi connectivity index (χ1n) is 10.4. The molecule has 1 aromatic carbocycles. The summed E-state index contributed by atoms with van der Waals surface area (Å²) in [4.78, 5) is 29.2. The summed E-state index contributed by atoms with van der Waals surface area (Å²) in [6, 6.07) is 10.2. The van der Waals surface area contributed by atoms with Gasteiger partial charge in [-0.2, -0.15) is 0 Å². The molecule has 144 valence electrons. The fourth-order valence-corrected chi connectivity index (χ4v) is 5.00. The number of piperidine rings is 1. The van der Waals surface area contributed by atoms with Crippen molar-refractivity contribution in [2.24, 2.45) is 11.3 Å². The van der Waals surface area contributed by atoms with Crippen molar-refractivity contribution in [2.45, 2.75) is 44.9 Å². The standard InChI is InChI=1S/C23H30N2O2/c26-21-17-23(18-25(21)14-6-9-19-7-2-1-3-8-19)12-15-24(16-13-23)22(27)20-10-4-5-11-20/h1-3,6-9,20H,4-5,10-18H2. The summed E-state index contributed by atoms with van der Waals surface area (Å²) in [6.45, 7) is 3.18. The Hall–Kier alpha value is -2.10. The van der Waals surface area contributed by atoms with Crippen LogP contribution in [0.15, 0.2) is 36.4 Å². The van der Waals surface area contributed by atoms with Gasteiger partial charge in [-0.15, -0.1) is 0 Å². The SMILES string of the molecule is O=C1CC2(CCN(C(=O)C3CCCC3)CC2)CN1CC=Cc1ccccc1. The van der Waals surface area contributed by atoms with E-state index in [4.69, 9.17) is 0 Å². The lowest BCUT2D eigenvalue weighted by atomic mass is 9.77. The molecule has 0 radical (unpaired) electrons. The Morgan fingerprint density at radius 2 is 1.81 bits per heavy atom. The first-order chi connectivity index (χ1) is 13.2. The Labute approximate surface area is 162 Å². The molecule has 4 heteroatoms. The maximum absolute atomic E-state index is 12.6. The van der Waals surface area contributed by atoms with Crippen LogP contribution < -0.4 is 0 Å². The topological polar surface area (TPSA) is 40.6 Å². The van der Waals surface area contributed by atoms with Gasteiger partial charge in [-0.1, -0.05) is 55.3 Å². The van der Waals surface area contributed by atoms with Crippen LogP contribution in [0.1, 0.15) is 50.5 Å². The van der Waals surface area contributed by atoms with E-state index in [1.54, 1.807) is 0 Å². The van der Waals surface area contributed by atoms with Crippen LogP contribution in [0.2, 0.25) is 0 Å². The Morgan fingerprint density at radius 3 is 2.52 bits per heavy atom. The average molecular weight is 367 g/mol. The number of carbonyl (C=O) groups is 2. The molecule has 4 nitrogen and oxygen atoms in total. The molecule has 2 saturated heterocycles. The zero-order chi connectivity index (χ0) is 18.7. The molecule has 0 bridgehead atoms. The predicted octanol–water partition coefficient (Wildman–Crippen LogP) is 3.73. The summed E-state index contributed by atoms with van der Waals surface area (Å²) in [6.07, 6.45) is 11.3. The zero-order valence-corrected chi connectivity index (χ0v) is 16.1. The monoisotopic (exact) mass is 366 g/mol. The highest BCUT2D eigenvalue weighted by Crippen LogP contribution is 2.41. The van der Waals surface area contributed by atoms with Crippen molar-refractivity contribution < 1.29 is 9.59 Å². The minimum Gasteiger partial charge on any atom is -0.342 e. The molecular formula is C23H30N2O2. The quantitative estimate of drug-likeness (QED) is 0.815. The normalized spacial score (nSPS) is 23.0. The summed E-state index contributed by atoms with van der Waals surface area (Å²) in [5, 5.41) is 0. The van der Waals surface area contributed by atoms with Gasteiger partial charge in [0.25, 0.3) is 0 Å². The van der Waals surface area contributed by atoms with E-state index >= 15 is 0 Å². The molecule has 1 saturated carbocycles. The molecule has 1 spiro atoms. The lowest BCUT2D eigenvalue weighted by Crippen LogP contribution is -2.46. The van der Waals surface area contributed by atoms with Crippen LogP contribution in [-0.2, 0) is 9.59 Å². The molecular weight excluding hydrogens is 336 g/mol. The van der Waals surface area contributed by atoms with Gasteiger partial charge in [-0.25, -0.2) is 0 Å². The molecule has 2 heterocycles. The summed E-state index contributed by atoms with van der Waals surface area (Å²) in [5.74, 6) is 0.904. The number of nitrogens with zero attached hydrogens (tertiary/aromatic N) is 2. The second kappa shape index (κ2) is 7.87. The van der Waals surface area contributed by atoms with Gasteiger partial charge < -0.3 is 9.80 Å². The lowest BCUT2D eigenvalue weighted by molar-refractivity contribution is -0.137. The highest BCUT2D eigenvalue weighted by molar-refractivity contribution is 5.81. The van der Waals surface area contributed by atoms with Crippen LogP contribution >= 0.6 is 0 Å². The molecule has 0 N–H and O–H groups in total. The van der Waals surface area contributed by atoms with E-state index in [-0.39, 0.29) is 17.2 Å². The maximum atomic E-state index is 12.6. The molecule has 3 aliphatic rings. The Balaban J connectivity index is 1.30. The van der Waals surface area contributed by atoms with Crippen LogP contribution in [0.3, 0.4) is 0 Å². The molecule has 0 atom stereocenters. The minimum atomic E-state index is 0.0874. The van der Waals surface area contributed by atoms with Gasteiger partial charge in [0.15, 0.2) is 0 Å². The Morgan fingerprint density at radius 1 is 1.11 bits per heavy atom. The van der Waals surface area contributed by atoms with Crippen LogP contribution in [0, 0.1) is 11.3 Å². The molecule has 27 heavy (non-hydrogen) atoms. The van der Waals surface area contributed by atoms with Crippen LogP contribution in [0.5, 0.6) is 0 Å².